The molecule has 1 N–H and O–H groups in total. The maximum Gasteiger partial charge on any atom is 0.323 e. The average Bonchev–Trinajstić information content (AvgIpc) is 2.30. The highest BCUT2D eigenvalue weighted by atomic mass is 16.5. The van der Waals surface area contributed by atoms with Crippen molar-refractivity contribution in [3.63, 3.8) is 0 Å². The number of carbonyl (C=O) groups is 2. The van der Waals surface area contributed by atoms with E-state index in [1.54, 1.807) is 4.90 Å². The Balaban J connectivity index is 2.74. The fourth-order valence-electron chi connectivity index (χ4n) is 2.41. The van der Waals surface area contributed by atoms with E-state index in [4.69, 9.17) is 14.6 Å². The molecule has 7 heteroatoms. The first-order chi connectivity index (χ1) is 9.25. The molecule has 0 aromatic carbocycles. The third kappa shape index (κ3) is 4.97. The molecule has 116 valence electrons. The second-order valence-corrected chi connectivity index (χ2v) is 5.66. The Labute approximate surface area is 119 Å². The van der Waals surface area contributed by atoms with Crippen molar-refractivity contribution in [2.24, 2.45) is 0 Å². The van der Waals surface area contributed by atoms with Crippen molar-refractivity contribution in [1.29, 1.82) is 0 Å². The van der Waals surface area contributed by atoms with Gasteiger partial charge in [-0.15, -0.1) is 0 Å². The SMILES string of the molecule is COCCN(CC(=O)O)C(=O)N1CC(C)OC(C)(C)C1. The lowest BCUT2D eigenvalue weighted by atomic mass is 10.1. The Morgan fingerprint density at radius 1 is 1.50 bits per heavy atom. The third-order valence-electron chi connectivity index (χ3n) is 3.00. The topological polar surface area (TPSA) is 79.3 Å². The summed E-state index contributed by atoms with van der Waals surface area (Å²) < 4.78 is 10.7. The molecule has 2 amide bonds. The number of nitrogens with zero attached hydrogens (tertiary/aromatic N) is 2. The first-order valence-corrected chi connectivity index (χ1v) is 6.67. The number of carboxylic acid groups (broad SMARTS) is 1. The van der Waals surface area contributed by atoms with E-state index in [0.717, 1.165) is 0 Å². The molecule has 1 heterocycles. The molecule has 0 radical (unpaired) electrons. The summed E-state index contributed by atoms with van der Waals surface area (Å²) in [6.45, 7) is 6.88. The van der Waals surface area contributed by atoms with Crippen LogP contribution in [0.15, 0.2) is 0 Å². The summed E-state index contributed by atoms with van der Waals surface area (Å²) in [7, 11) is 1.52. The number of aliphatic carboxylic acids is 1. The molecule has 1 atom stereocenters. The van der Waals surface area contributed by atoms with Gasteiger partial charge in [-0.1, -0.05) is 0 Å². The molecule has 1 unspecified atom stereocenters. The van der Waals surface area contributed by atoms with Gasteiger partial charge in [-0.25, -0.2) is 4.79 Å². The smallest absolute Gasteiger partial charge is 0.323 e. The summed E-state index contributed by atoms with van der Waals surface area (Å²) in [4.78, 5) is 26.3. The van der Waals surface area contributed by atoms with E-state index in [2.05, 4.69) is 0 Å². The summed E-state index contributed by atoms with van der Waals surface area (Å²) in [6, 6.07) is -0.285. The first kappa shape index (κ1) is 16.7. The van der Waals surface area contributed by atoms with Crippen molar-refractivity contribution in [3.8, 4) is 0 Å². The van der Waals surface area contributed by atoms with Crippen LogP contribution in [0.3, 0.4) is 0 Å². The Morgan fingerprint density at radius 3 is 2.65 bits per heavy atom. The second kappa shape index (κ2) is 6.90. The van der Waals surface area contributed by atoms with Gasteiger partial charge in [0.2, 0.25) is 0 Å². The van der Waals surface area contributed by atoms with Gasteiger partial charge < -0.3 is 24.4 Å². The largest absolute Gasteiger partial charge is 0.480 e. The van der Waals surface area contributed by atoms with Crippen LogP contribution in [0.1, 0.15) is 20.8 Å². The van der Waals surface area contributed by atoms with E-state index in [9.17, 15) is 9.59 Å². The highest BCUT2D eigenvalue weighted by molar-refractivity contribution is 5.80. The number of morpholine rings is 1. The molecule has 1 rings (SSSR count). The van der Waals surface area contributed by atoms with Crippen LogP contribution in [0, 0.1) is 0 Å². The van der Waals surface area contributed by atoms with Gasteiger partial charge in [-0.05, 0) is 20.8 Å². The Hall–Kier alpha value is -1.34. The highest BCUT2D eigenvalue weighted by Crippen LogP contribution is 2.21. The van der Waals surface area contributed by atoms with Crippen LogP contribution in [-0.4, -0.2) is 78.5 Å². The number of amides is 2. The van der Waals surface area contributed by atoms with E-state index in [1.165, 1.54) is 12.0 Å². The van der Waals surface area contributed by atoms with Gasteiger partial charge in [-0.3, -0.25) is 4.79 Å². The molecular weight excluding hydrogens is 264 g/mol. The lowest BCUT2D eigenvalue weighted by Crippen LogP contribution is -2.57. The van der Waals surface area contributed by atoms with E-state index < -0.39 is 11.6 Å². The third-order valence-corrected chi connectivity index (χ3v) is 3.00. The minimum atomic E-state index is -1.03. The number of carboxylic acids is 1. The van der Waals surface area contributed by atoms with Crippen LogP contribution >= 0.6 is 0 Å². The predicted molar refractivity (Wildman–Crippen MR) is 72.7 cm³/mol. The first-order valence-electron chi connectivity index (χ1n) is 6.67. The van der Waals surface area contributed by atoms with Crippen molar-refractivity contribution < 1.29 is 24.2 Å². The van der Waals surface area contributed by atoms with Gasteiger partial charge in [0.1, 0.15) is 6.54 Å². The number of ether oxygens (including phenoxy) is 2. The average molecular weight is 288 g/mol. The molecule has 0 saturated carbocycles. The Kier molecular flexibility index (Phi) is 5.76. The van der Waals surface area contributed by atoms with Gasteiger partial charge in [0, 0.05) is 20.2 Å². The van der Waals surface area contributed by atoms with Crippen molar-refractivity contribution in [3.05, 3.63) is 0 Å². The summed E-state index contributed by atoms with van der Waals surface area (Å²) in [5.41, 5.74) is -0.427. The molecule has 0 bridgehead atoms. The van der Waals surface area contributed by atoms with Gasteiger partial charge in [0.25, 0.3) is 0 Å². The van der Waals surface area contributed by atoms with Crippen molar-refractivity contribution in [2.75, 3.05) is 39.9 Å². The van der Waals surface area contributed by atoms with Crippen LogP contribution in [-0.2, 0) is 14.3 Å². The molecule has 7 nitrogen and oxygen atoms in total. The molecule has 1 fully saturated rings. The number of rotatable bonds is 5. The van der Waals surface area contributed by atoms with Crippen molar-refractivity contribution in [1.82, 2.24) is 9.80 Å². The van der Waals surface area contributed by atoms with E-state index >= 15 is 0 Å². The fourth-order valence-corrected chi connectivity index (χ4v) is 2.41. The number of urea groups is 1. The lowest BCUT2D eigenvalue weighted by Gasteiger charge is -2.43. The molecule has 0 aromatic heterocycles. The zero-order valence-corrected chi connectivity index (χ0v) is 12.6. The number of carbonyl (C=O) groups excluding carboxylic acids is 1. The Morgan fingerprint density at radius 2 is 2.15 bits per heavy atom. The van der Waals surface area contributed by atoms with Gasteiger partial charge in [-0.2, -0.15) is 0 Å². The van der Waals surface area contributed by atoms with E-state index in [0.29, 0.717) is 19.7 Å². The summed E-state index contributed by atoms with van der Waals surface area (Å²) >= 11 is 0. The van der Waals surface area contributed by atoms with E-state index in [-0.39, 0.29) is 25.2 Å². The predicted octanol–water partition coefficient (Wildman–Crippen LogP) is 0.639. The van der Waals surface area contributed by atoms with Crippen molar-refractivity contribution >= 4 is 12.0 Å². The summed E-state index contributed by atoms with van der Waals surface area (Å²) in [6.07, 6.45) is -0.0724. The van der Waals surface area contributed by atoms with Crippen LogP contribution in [0.25, 0.3) is 0 Å². The van der Waals surface area contributed by atoms with Crippen LogP contribution in [0.5, 0.6) is 0 Å². The molecule has 0 aromatic rings. The molecule has 0 aliphatic carbocycles. The number of hydrogen-bond acceptors (Lipinski definition) is 4. The molecule has 1 aliphatic rings. The summed E-state index contributed by atoms with van der Waals surface area (Å²) in [5, 5.41) is 8.91. The normalized spacial score (nSPS) is 21.6. The summed E-state index contributed by atoms with van der Waals surface area (Å²) in [5.74, 6) is -1.03. The standard InChI is InChI=1S/C13H24N2O5/c1-10-7-15(9-13(2,3)20-10)12(18)14(5-6-19-4)8-11(16)17/h10H,5-9H2,1-4H3,(H,16,17). The maximum absolute atomic E-state index is 12.5. The van der Waals surface area contributed by atoms with Gasteiger partial charge in [0.15, 0.2) is 0 Å². The Bertz CT molecular complexity index is 359. The number of hydrogen-bond donors (Lipinski definition) is 1. The monoisotopic (exact) mass is 288 g/mol. The molecule has 20 heavy (non-hydrogen) atoms. The molecule has 0 spiro atoms. The second-order valence-electron chi connectivity index (χ2n) is 5.66. The van der Waals surface area contributed by atoms with Crippen LogP contribution in [0.2, 0.25) is 0 Å². The maximum atomic E-state index is 12.5. The van der Waals surface area contributed by atoms with E-state index in [1.807, 2.05) is 20.8 Å². The quantitative estimate of drug-likeness (QED) is 0.803. The fraction of sp³-hybridized carbons (Fsp3) is 0.846. The zero-order chi connectivity index (χ0) is 15.3. The number of methoxy groups -OCH3 is 1. The van der Waals surface area contributed by atoms with Crippen LogP contribution < -0.4 is 0 Å². The van der Waals surface area contributed by atoms with Crippen LogP contribution in [0.4, 0.5) is 4.79 Å². The molecule has 1 aliphatic heterocycles. The molecular formula is C13H24N2O5. The minimum absolute atomic E-state index is 0.0724. The zero-order valence-electron chi connectivity index (χ0n) is 12.6. The van der Waals surface area contributed by atoms with Gasteiger partial charge >= 0.3 is 12.0 Å². The molecule has 1 saturated heterocycles. The van der Waals surface area contributed by atoms with Gasteiger partial charge in [0.05, 0.1) is 24.9 Å². The lowest BCUT2D eigenvalue weighted by molar-refractivity contribution is -0.138. The highest BCUT2D eigenvalue weighted by Gasteiger charge is 2.35. The van der Waals surface area contributed by atoms with Crippen molar-refractivity contribution in [2.45, 2.75) is 32.5 Å². The minimum Gasteiger partial charge on any atom is -0.480 e.